The largest absolute Gasteiger partial charge is 0.329 e. The Labute approximate surface area is 95.2 Å². The number of rotatable bonds is 4. The predicted molar refractivity (Wildman–Crippen MR) is 70.7 cm³/mol. The highest BCUT2D eigenvalue weighted by molar-refractivity contribution is 6.74. The average molecular weight is 221 g/mol. The van der Waals surface area contributed by atoms with Crippen molar-refractivity contribution in [3.8, 4) is 0 Å². The lowest BCUT2D eigenvalue weighted by molar-refractivity contribution is 0.616. The monoisotopic (exact) mass is 221 g/mol. The molecule has 15 heavy (non-hydrogen) atoms. The SMILES string of the molecule is CCc1ccccc1C[Si](C)(C)N(C)C. The first-order chi connectivity index (χ1) is 6.97. The van der Waals surface area contributed by atoms with Crippen LogP contribution in [0.5, 0.6) is 0 Å². The van der Waals surface area contributed by atoms with Gasteiger partial charge in [-0.3, -0.25) is 0 Å². The van der Waals surface area contributed by atoms with E-state index >= 15 is 0 Å². The molecule has 0 saturated carbocycles. The second kappa shape index (κ2) is 4.95. The maximum atomic E-state index is 2.43. The summed E-state index contributed by atoms with van der Waals surface area (Å²) in [5.41, 5.74) is 3.06. The Morgan fingerprint density at radius 1 is 1.07 bits per heavy atom. The van der Waals surface area contributed by atoms with E-state index in [1.807, 2.05) is 0 Å². The topological polar surface area (TPSA) is 3.24 Å². The smallest absolute Gasteiger partial charge is 0.126 e. The third-order valence-corrected chi connectivity index (χ3v) is 7.00. The second-order valence-electron chi connectivity index (χ2n) is 5.01. The molecule has 0 fully saturated rings. The van der Waals surface area contributed by atoms with Crippen LogP contribution in [0.2, 0.25) is 13.1 Å². The molecule has 0 amide bonds. The first kappa shape index (κ1) is 12.5. The molecule has 1 aromatic carbocycles. The Bertz CT molecular complexity index is 318. The van der Waals surface area contributed by atoms with Crippen molar-refractivity contribution in [1.29, 1.82) is 0 Å². The highest BCUT2D eigenvalue weighted by Gasteiger charge is 2.24. The fraction of sp³-hybridized carbons (Fsp3) is 0.538. The standard InChI is InChI=1S/C13H23NSi/c1-6-12-9-7-8-10-13(12)11-15(4,5)14(2)3/h7-10H,6,11H2,1-5H3. The minimum atomic E-state index is -1.24. The lowest BCUT2D eigenvalue weighted by Gasteiger charge is -2.31. The quantitative estimate of drug-likeness (QED) is 0.706. The van der Waals surface area contributed by atoms with Gasteiger partial charge < -0.3 is 4.57 Å². The molecule has 0 N–H and O–H groups in total. The third kappa shape index (κ3) is 3.18. The molecule has 0 aliphatic rings. The van der Waals surface area contributed by atoms with E-state index in [4.69, 9.17) is 0 Å². The summed E-state index contributed by atoms with van der Waals surface area (Å²) in [4.78, 5) is 0. The molecule has 0 aliphatic heterocycles. The Morgan fingerprint density at radius 2 is 1.60 bits per heavy atom. The highest BCUT2D eigenvalue weighted by Crippen LogP contribution is 2.17. The molecule has 0 saturated heterocycles. The van der Waals surface area contributed by atoms with Crippen molar-refractivity contribution in [3.63, 3.8) is 0 Å². The molecule has 1 aromatic rings. The zero-order valence-corrected chi connectivity index (χ0v) is 11.7. The van der Waals surface area contributed by atoms with Gasteiger partial charge in [0, 0.05) is 0 Å². The van der Waals surface area contributed by atoms with Gasteiger partial charge in [-0.2, -0.15) is 0 Å². The van der Waals surface area contributed by atoms with Crippen LogP contribution < -0.4 is 0 Å². The summed E-state index contributed by atoms with van der Waals surface area (Å²) in [5, 5.41) is 0. The molecule has 0 atom stereocenters. The summed E-state index contributed by atoms with van der Waals surface area (Å²) >= 11 is 0. The van der Waals surface area contributed by atoms with E-state index < -0.39 is 8.24 Å². The Morgan fingerprint density at radius 3 is 2.07 bits per heavy atom. The Hall–Kier alpha value is -0.603. The molecule has 0 radical (unpaired) electrons. The number of benzene rings is 1. The summed E-state index contributed by atoms with van der Waals surface area (Å²) in [5.74, 6) is 0. The number of aryl methyl sites for hydroxylation is 1. The van der Waals surface area contributed by atoms with E-state index in [0.29, 0.717) is 0 Å². The van der Waals surface area contributed by atoms with Gasteiger partial charge in [-0.05, 0) is 37.7 Å². The molecular weight excluding hydrogens is 198 g/mol. The normalized spacial score (nSPS) is 12.1. The minimum Gasteiger partial charge on any atom is -0.329 e. The van der Waals surface area contributed by atoms with E-state index in [1.165, 1.54) is 11.6 Å². The summed E-state index contributed by atoms with van der Waals surface area (Å²) < 4.78 is 2.43. The first-order valence-corrected chi connectivity index (χ1v) is 8.87. The first-order valence-electron chi connectivity index (χ1n) is 5.71. The van der Waals surface area contributed by atoms with Crippen molar-refractivity contribution in [3.05, 3.63) is 35.4 Å². The number of hydrogen-bond acceptors (Lipinski definition) is 1. The van der Waals surface area contributed by atoms with E-state index in [0.717, 1.165) is 6.42 Å². The van der Waals surface area contributed by atoms with Gasteiger partial charge in [0.1, 0.15) is 8.24 Å². The summed E-state index contributed by atoms with van der Waals surface area (Å²) in [6.45, 7) is 7.10. The molecule has 0 bridgehead atoms. The predicted octanol–water partition coefficient (Wildman–Crippen LogP) is 3.10. The number of nitrogens with zero attached hydrogens (tertiary/aromatic N) is 1. The van der Waals surface area contributed by atoms with Crippen molar-refractivity contribution in [1.82, 2.24) is 4.57 Å². The van der Waals surface area contributed by atoms with Crippen molar-refractivity contribution < 1.29 is 0 Å². The molecule has 84 valence electrons. The van der Waals surface area contributed by atoms with E-state index in [9.17, 15) is 0 Å². The van der Waals surface area contributed by atoms with Gasteiger partial charge in [0.15, 0.2) is 0 Å². The lowest BCUT2D eigenvalue weighted by atomic mass is 10.1. The molecule has 1 rings (SSSR count). The van der Waals surface area contributed by atoms with Crippen molar-refractivity contribution in [2.75, 3.05) is 14.1 Å². The van der Waals surface area contributed by atoms with Crippen molar-refractivity contribution in [2.45, 2.75) is 32.5 Å². The van der Waals surface area contributed by atoms with Crippen LogP contribution in [-0.2, 0) is 12.5 Å². The van der Waals surface area contributed by atoms with Gasteiger partial charge in [-0.25, -0.2) is 0 Å². The number of hydrogen-bond donors (Lipinski definition) is 0. The highest BCUT2D eigenvalue weighted by atomic mass is 28.3. The summed E-state index contributed by atoms with van der Waals surface area (Å²) in [6, 6.07) is 10.1. The second-order valence-corrected chi connectivity index (χ2v) is 9.88. The summed E-state index contributed by atoms with van der Waals surface area (Å²) in [7, 11) is 3.18. The van der Waals surface area contributed by atoms with Gasteiger partial charge in [0.25, 0.3) is 0 Å². The Balaban J connectivity index is 2.89. The summed E-state index contributed by atoms with van der Waals surface area (Å²) in [6.07, 6.45) is 1.15. The van der Waals surface area contributed by atoms with Crippen LogP contribution in [0.3, 0.4) is 0 Å². The molecule has 1 nitrogen and oxygen atoms in total. The van der Waals surface area contributed by atoms with Gasteiger partial charge >= 0.3 is 0 Å². The lowest BCUT2D eigenvalue weighted by Crippen LogP contribution is -2.46. The molecule has 2 heteroatoms. The minimum absolute atomic E-state index is 1.15. The molecule has 0 aromatic heterocycles. The van der Waals surface area contributed by atoms with Crippen molar-refractivity contribution >= 4 is 8.24 Å². The van der Waals surface area contributed by atoms with Crippen LogP contribution in [0, 0.1) is 0 Å². The molecular formula is C13H23NSi. The van der Waals surface area contributed by atoms with Crippen LogP contribution in [0.25, 0.3) is 0 Å². The van der Waals surface area contributed by atoms with E-state index in [1.54, 1.807) is 5.56 Å². The average Bonchev–Trinajstić information content (AvgIpc) is 2.18. The van der Waals surface area contributed by atoms with Crippen LogP contribution in [0.15, 0.2) is 24.3 Å². The maximum absolute atomic E-state index is 2.43. The van der Waals surface area contributed by atoms with Gasteiger partial charge in [-0.15, -0.1) is 0 Å². The molecule has 0 unspecified atom stereocenters. The van der Waals surface area contributed by atoms with Gasteiger partial charge in [0.2, 0.25) is 0 Å². The Kier molecular flexibility index (Phi) is 4.11. The molecule has 0 spiro atoms. The van der Waals surface area contributed by atoms with Crippen molar-refractivity contribution in [2.24, 2.45) is 0 Å². The van der Waals surface area contributed by atoms with E-state index in [-0.39, 0.29) is 0 Å². The molecule has 0 aliphatic carbocycles. The van der Waals surface area contributed by atoms with E-state index in [2.05, 4.69) is 62.9 Å². The zero-order valence-electron chi connectivity index (χ0n) is 10.7. The van der Waals surface area contributed by atoms with Crippen LogP contribution in [0.1, 0.15) is 18.1 Å². The maximum Gasteiger partial charge on any atom is 0.126 e. The van der Waals surface area contributed by atoms with Crippen LogP contribution >= 0.6 is 0 Å². The van der Waals surface area contributed by atoms with Crippen LogP contribution in [0.4, 0.5) is 0 Å². The van der Waals surface area contributed by atoms with Gasteiger partial charge in [0.05, 0.1) is 0 Å². The van der Waals surface area contributed by atoms with Crippen LogP contribution in [-0.4, -0.2) is 26.9 Å². The fourth-order valence-corrected chi connectivity index (χ4v) is 3.29. The fourth-order valence-electron chi connectivity index (χ4n) is 1.70. The zero-order chi connectivity index (χ0) is 11.5. The van der Waals surface area contributed by atoms with Gasteiger partial charge in [-0.1, -0.05) is 44.3 Å². The molecule has 0 heterocycles. The third-order valence-electron chi connectivity index (χ3n) is 3.33.